The first-order valence-electron chi connectivity index (χ1n) is 10.0. The summed E-state index contributed by atoms with van der Waals surface area (Å²) in [6.07, 6.45) is 4.38. The summed E-state index contributed by atoms with van der Waals surface area (Å²) in [5.74, 6) is -0.882. The van der Waals surface area contributed by atoms with Gasteiger partial charge in [-0.05, 0) is 54.4 Å². The highest BCUT2D eigenvalue weighted by Gasteiger charge is 2.38. The molecule has 1 unspecified atom stereocenters. The van der Waals surface area contributed by atoms with Crippen molar-refractivity contribution < 1.29 is 18.7 Å². The van der Waals surface area contributed by atoms with Crippen molar-refractivity contribution in [3.63, 3.8) is 0 Å². The van der Waals surface area contributed by atoms with E-state index >= 15 is 0 Å². The van der Waals surface area contributed by atoms with Crippen LogP contribution in [0, 0.1) is 5.82 Å². The van der Waals surface area contributed by atoms with Crippen molar-refractivity contribution in [2.45, 2.75) is 24.4 Å². The Balaban J connectivity index is 1.34. The number of nitrogens with one attached hydrogen (secondary N) is 2. The average molecular weight is 422 g/mol. The van der Waals surface area contributed by atoms with E-state index < -0.39 is 12.0 Å². The Hall–Kier alpha value is -3.52. The van der Waals surface area contributed by atoms with Gasteiger partial charge in [-0.3, -0.25) is 4.79 Å². The zero-order valence-corrected chi connectivity index (χ0v) is 17.0. The number of carbonyl (C=O) groups is 2. The maximum Gasteiger partial charge on any atom is 0.329 e. The Morgan fingerprint density at radius 1 is 1.19 bits per heavy atom. The van der Waals surface area contributed by atoms with Gasteiger partial charge in [0.25, 0.3) is 5.91 Å². The van der Waals surface area contributed by atoms with Crippen LogP contribution in [0.3, 0.4) is 0 Å². The molecule has 1 aliphatic rings. The lowest BCUT2D eigenvalue weighted by atomic mass is 10.1. The molecule has 0 bridgehead atoms. The predicted octanol–water partition coefficient (Wildman–Crippen LogP) is 2.43. The minimum Gasteiger partial charge on any atom is -0.467 e. The maximum absolute atomic E-state index is 13.1. The molecule has 8 heteroatoms. The quantitative estimate of drug-likeness (QED) is 0.545. The standard InChI is InChI=1S/C23H23FN4O3/c1-31-23(30)21(14-25-20-13-19(20)15-3-7-17(24)8-4-15)27-22(29)16-5-9-18(10-6-16)28-12-2-11-26-28/h2-12,19-21,25H,13-14H2,1H3,(H,27,29)/t19-,20+,21?/m0/s1. The molecule has 4 rings (SSSR count). The van der Waals surface area contributed by atoms with Gasteiger partial charge >= 0.3 is 5.97 Å². The molecular formula is C23H23FN4O3. The monoisotopic (exact) mass is 422 g/mol. The highest BCUT2D eigenvalue weighted by atomic mass is 19.1. The SMILES string of the molecule is COC(=O)C(CN[C@@H]1C[C@H]1c1ccc(F)cc1)NC(=O)c1ccc(-n2cccn2)cc1. The fourth-order valence-electron chi connectivity index (χ4n) is 3.53. The molecule has 1 saturated carbocycles. The molecule has 0 aliphatic heterocycles. The second kappa shape index (κ2) is 9.09. The van der Waals surface area contributed by atoms with Gasteiger partial charge in [0.15, 0.2) is 0 Å². The summed E-state index contributed by atoms with van der Waals surface area (Å²) in [6, 6.07) is 14.5. The van der Waals surface area contributed by atoms with Crippen LogP contribution in [0.2, 0.25) is 0 Å². The molecule has 7 nitrogen and oxygen atoms in total. The largest absolute Gasteiger partial charge is 0.467 e. The zero-order chi connectivity index (χ0) is 21.8. The van der Waals surface area contributed by atoms with E-state index in [1.54, 1.807) is 47.3 Å². The lowest BCUT2D eigenvalue weighted by molar-refractivity contribution is -0.142. The Morgan fingerprint density at radius 3 is 2.58 bits per heavy atom. The highest BCUT2D eigenvalue weighted by Crippen LogP contribution is 2.40. The van der Waals surface area contributed by atoms with E-state index in [4.69, 9.17) is 4.74 Å². The lowest BCUT2D eigenvalue weighted by Gasteiger charge is -2.17. The molecular weight excluding hydrogens is 399 g/mol. The van der Waals surface area contributed by atoms with Crippen LogP contribution in [-0.4, -0.2) is 47.4 Å². The highest BCUT2D eigenvalue weighted by molar-refractivity contribution is 5.97. The first-order valence-corrected chi connectivity index (χ1v) is 10.0. The summed E-state index contributed by atoms with van der Waals surface area (Å²) >= 11 is 0. The van der Waals surface area contributed by atoms with Crippen LogP contribution < -0.4 is 10.6 Å². The molecule has 1 heterocycles. The van der Waals surface area contributed by atoms with Gasteiger partial charge < -0.3 is 15.4 Å². The van der Waals surface area contributed by atoms with Gasteiger partial charge in [0, 0.05) is 36.5 Å². The Morgan fingerprint density at radius 2 is 1.94 bits per heavy atom. The van der Waals surface area contributed by atoms with Crippen LogP contribution in [0.5, 0.6) is 0 Å². The molecule has 3 atom stereocenters. The lowest BCUT2D eigenvalue weighted by Crippen LogP contribution is -2.48. The Bertz CT molecular complexity index is 1040. The molecule has 1 aromatic heterocycles. The van der Waals surface area contributed by atoms with Crippen molar-refractivity contribution in [2.75, 3.05) is 13.7 Å². The van der Waals surface area contributed by atoms with Crippen LogP contribution in [0.15, 0.2) is 67.0 Å². The number of rotatable bonds is 8. The number of hydrogen-bond donors (Lipinski definition) is 2. The molecule has 0 spiro atoms. The Kier molecular flexibility index (Phi) is 6.08. The van der Waals surface area contributed by atoms with Gasteiger partial charge in [0.1, 0.15) is 11.9 Å². The molecule has 1 amide bonds. The smallest absolute Gasteiger partial charge is 0.329 e. The molecule has 0 saturated heterocycles. The van der Waals surface area contributed by atoms with E-state index in [1.165, 1.54) is 19.2 Å². The van der Waals surface area contributed by atoms with Crippen molar-refractivity contribution in [3.05, 3.63) is 83.9 Å². The average Bonchev–Trinajstić information content (AvgIpc) is 3.35. The number of methoxy groups -OCH3 is 1. The van der Waals surface area contributed by atoms with Crippen LogP contribution >= 0.6 is 0 Å². The second-order valence-corrected chi connectivity index (χ2v) is 7.46. The number of aromatic nitrogens is 2. The van der Waals surface area contributed by atoms with Crippen molar-refractivity contribution in [1.29, 1.82) is 0 Å². The molecule has 1 fully saturated rings. The van der Waals surface area contributed by atoms with E-state index in [9.17, 15) is 14.0 Å². The number of esters is 1. The van der Waals surface area contributed by atoms with Crippen molar-refractivity contribution >= 4 is 11.9 Å². The third-order valence-corrected chi connectivity index (χ3v) is 5.36. The number of benzene rings is 2. The molecule has 3 aromatic rings. The number of hydrogen-bond acceptors (Lipinski definition) is 5. The molecule has 2 aromatic carbocycles. The maximum atomic E-state index is 13.1. The third kappa shape index (κ3) is 4.97. The summed E-state index contributed by atoms with van der Waals surface area (Å²) in [5, 5.41) is 10.2. The van der Waals surface area contributed by atoms with E-state index in [0.717, 1.165) is 17.7 Å². The summed E-state index contributed by atoms with van der Waals surface area (Å²) in [6.45, 7) is 0.242. The van der Waals surface area contributed by atoms with Crippen LogP contribution in [0.25, 0.3) is 5.69 Å². The normalized spacial score (nSPS) is 18.3. The van der Waals surface area contributed by atoms with Gasteiger partial charge in [0.2, 0.25) is 0 Å². The predicted molar refractivity (Wildman–Crippen MR) is 112 cm³/mol. The van der Waals surface area contributed by atoms with Crippen LogP contribution in [0.1, 0.15) is 28.3 Å². The van der Waals surface area contributed by atoms with Crippen molar-refractivity contribution in [1.82, 2.24) is 20.4 Å². The minimum absolute atomic E-state index is 0.169. The van der Waals surface area contributed by atoms with E-state index in [2.05, 4.69) is 15.7 Å². The zero-order valence-electron chi connectivity index (χ0n) is 17.0. The van der Waals surface area contributed by atoms with E-state index in [1.807, 2.05) is 12.3 Å². The summed E-state index contributed by atoms with van der Waals surface area (Å²) in [4.78, 5) is 24.8. The van der Waals surface area contributed by atoms with Gasteiger partial charge in [-0.15, -0.1) is 0 Å². The molecule has 160 valence electrons. The Labute approximate surface area is 179 Å². The first-order chi connectivity index (χ1) is 15.0. The molecule has 31 heavy (non-hydrogen) atoms. The topological polar surface area (TPSA) is 85.3 Å². The first kappa shape index (κ1) is 20.7. The fraction of sp³-hybridized carbons (Fsp3) is 0.261. The van der Waals surface area contributed by atoms with Crippen molar-refractivity contribution in [2.24, 2.45) is 0 Å². The summed E-state index contributed by atoms with van der Waals surface area (Å²) in [7, 11) is 1.29. The van der Waals surface area contributed by atoms with Crippen LogP contribution in [-0.2, 0) is 9.53 Å². The van der Waals surface area contributed by atoms with E-state index in [-0.39, 0.29) is 30.2 Å². The molecule has 0 radical (unpaired) electrons. The van der Waals surface area contributed by atoms with Gasteiger partial charge in [-0.2, -0.15) is 5.10 Å². The second-order valence-electron chi connectivity index (χ2n) is 7.46. The molecule has 2 N–H and O–H groups in total. The number of nitrogens with zero attached hydrogens (tertiary/aromatic N) is 2. The van der Waals surface area contributed by atoms with Crippen LogP contribution in [0.4, 0.5) is 4.39 Å². The number of halogens is 1. The van der Waals surface area contributed by atoms with Gasteiger partial charge in [0.05, 0.1) is 12.8 Å². The number of carbonyl (C=O) groups excluding carboxylic acids is 2. The number of ether oxygens (including phenoxy) is 1. The van der Waals surface area contributed by atoms with Gasteiger partial charge in [-0.1, -0.05) is 12.1 Å². The fourth-order valence-corrected chi connectivity index (χ4v) is 3.53. The van der Waals surface area contributed by atoms with Gasteiger partial charge in [-0.25, -0.2) is 13.9 Å². The summed E-state index contributed by atoms with van der Waals surface area (Å²) < 4.78 is 19.6. The molecule has 1 aliphatic carbocycles. The third-order valence-electron chi connectivity index (χ3n) is 5.36. The minimum atomic E-state index is -0.822. The van der Waals surface area contributed by atoms with Crippen molar-refractivity contribution in [3.8, 4) is 5.69 Å². The number of amides is 1. The summed E-state index contributed by atoms with van der Waals surface area (Å²) in [5.41, 5.74) is 2.31. The van der Waals surface area contributed by atoms with E-state index in [0.29, 0.717) is 5.56 Å².